The Kier molecular flexibility index (Phi) is 5.15. The molecule has 2 aliphatic rings. The number of carbonyl (C=O) groups excluding carboxylic acids is 2. The maximum atomic E-state index is 12.4. The molecule has 0 saturated carbocycles. The van der Waals surface area contributed by atoms with E-state index in [1.165, 1.54) is 0 Å². The van der Waals surface area contributed by atoms with E-state index in [1.54, 1.807) is 12.0 Å². The summed E-state index contributed by atoms with van der Waals surface area (Å²) in [5.41, 5.74) is 1.02. The molecule has 2 aliphatic heterocycles. The first-order chi connectivity index (χ1) is 11.7. The van der Waals surface area contributed by atoms with E-state index in [0.717, 1.165) is 17.9 Å². The molecule has 1 fully saturated rings. The molecule has 1 atom stereocenters. The molecule has 0 spiro atoms. The highest BCUT2D eigenvalue weighted by Gasteiger charge is 2.33. The molecule has 1 aromatic rings. The number of benzene rings is 1. The van der Waals surface area contributed by atoms with Gasteiger partial charge in [-0.3, -0.25) is 14.5 Å². The average molecular weight is 329 g/mol. The maximum Gasteiger partial charge on any atom is 0.237 e. The van der Waals surface area contributed by atoms with E-state index in [2.05, 4.69) is 10.2 Å². The van der Waals surface area contributed by atoms with Crippen LogP contribution in [0.3, 0.4) is 0 Å². The van der Waals surface area contributed by atoms with Crippen LogP contribution >= 0.6 is 0 Å². The highest BCUT2D eigenvalue weighted by Crippen LogP contribution is 2.22. The lowest BCUT2D eigenvalue weighted by atomic mass is 10.1. The second-order valence-corrected chi connectivity index (χ2v) is 6.06. The van der Waals surface area contributed by atoms with Gasteiger partial charge in [-0.2, -0.15) is 0 Å². The highest BCUT2D eigenvalue weighted by molar-refractivity contribution is 5.89. The van der Waals surface area contributed by atoms with E-state index in [0.29, 0.717) is 26.2 Å². The van der Waals surface area contributed by atoms with Crippen molar-refractivity contribution >= 4 is 11.8 Å². The number of hydrogen-bond donors (Lipinski definition) is 1. The van der Waals surface area contributed by atoms with E-state index in [1.807, 2.05) is 36.4 Å². The maximum absolute atomic E-state index is 12.4. The summed E-state index contributed by atoms with van der Waals surface area (Å²) in [6, 6.07) is 7.35. The van der Waals surface area contributed by atoms with Crippen LogP contribution in [0.2, 0.25) is 0 Å². The van der Waals surface area contributed by atoms with Gasteiger partial charge in [-0.05, 0) is 6.07 Å². The van der Waals surface area contributed by atoms with Crippen molar-refractivity contribution in [1.29, 1.82) is 0 Å². The molecule has 3 rings (SSSR count). The molecule has 0 aromatic heterocycles. The first kappa shape index (κ1) is 16.5. The Morgan fingerprint density at radius 1 is 1.29 bits per heavy atom. The van der Waals surface area contributed by atoms with E-state index in [4.69, 9.17) is 4.74 Å². The van der Waals surface area contributed by atoms with Crippen LogP contribution < -0.4 is 10.1 Å². The van der Waals surface area contributed by atoms with Gasteiger partial charge in [0.2, 0.25) is 11.8 Å². The summed E-state index contributed by atoms with van der Waals surface area (Å²) >= 11 is 0. The molecule has 128 valence electrons. The molecule has 2 heterocycles. The van der Waals surface area contributed by atoms with Crippen LogP contribution in [0, 0.1) is 0 Å². The quantitative estimate of drug-likeness (QED) is 0.811. The molecule has 6 nitrogen and oxygen atoms in total. The third-order valence-electron chi connectivity index (χ3n) is 4.55. The number of rotatable bonds is 5. The van der Waals surface area contributed by atoms with Crippen LogP contribution in [-0.4, -0.2) is 60.9 Å². The first-order valence-corrected chi connectivity index (χ1v) is 8.25. The number of hydrogen-bond acceptors (Lipinski definition) is 4. The number of piperazine rings is 1. The smallest absolute Gasteiger partial charge is 0.237 e. The Hall–Kier alpha value is -2.34. The van der Waals surface area contributed by atoms with Gasteiger partial charge in [0.25, 0.3) is 0 Å². The average Bonchev–Trinajstić information content (AvgIpc) is 3.13. The zero-order valence-corrected chi connectivity index (χ0v) is 13.9. The van der Waals surface area contributed by atoms with Gasteiger partial charge in [0.1, 0.15) is 5.75 Å². The predicted molar refractivity (Wildman–Crippen MR) is 90.5 cm³/mol. The summed E-state index contributed by atoms with van der Waals surface area (Å²) in [5, 5.41) is 2.87. The van der Waals surface area contributed by atoms with Crippen molar-refractivity contribution < 1.29 is 14.3 Å². The molecule has 0 bridgehead atoms. The Morgan fingerprint density at radius 3 is 2.79 bits per heavy atom. The van der Waals surface area contributed by atoms with E-state index in [-0.39, 0.29) is 18.2 Å². The number of methoxy groups -OCH3 is 1. The van der Waals surface area contributed by atoms with E-state index in [9.17, 15) is 9.59 Å². The van der Waals surface area contributed by atoms with Gasteiger partial charge >= 0.3 is 0 Å². The minimum Gasteiger partial charge on any atom is -0.496 e. The number of para-hydroxylation sites is 1. The van der Waals surface area contributed by atoms with Crippen molar-refractivity contribution in [3.8, 4) is 5.75 Å². The number of nitrogens with one attached hydrogen (secondary N) is 1. The van der Waals surface area contributed by atoms with Crippen LogP contribution in [0.4, 0.5) is 0 Å². The van der Waals surface area contributed by atoms with Gasteiger partial charge in [0.05, 0.1) is 19.6 Å². The summed E-state index contributed by atoms with van der Waals surface area (Å²) in [4.78, 5) is 28.6. The van der Waals surface area contributed by atoms with Crippen molar-refractivity contribution in [2.75, 3.05) is 33.3 Å². The van der Waals surface area contributed by atoms with Crippen LogP contribution in [0.1, 0.15) is 12.0 Å². The lowest BCUT2D eigenvalue weighted by Crippen LogP contribution is -2.56. The minimum absolute atomic E-state index is 0.0204. The van der Waals surface area contributed by atoms with Crippen LogP contribution in [0.15, 0.2) is 36.4 Å². The van der Waals surface area contributed by atoms with Gasteiger partial charge in [-0.25, -0.2) is 0 Å². The summed E-state index contributed by atoms with van der Waals surface area (Å²) < 4.78 is 5.40. The van der Waals surface area contributed by atoms with Gasteiger partial charge in [0, 0.05) is 38.3 Å². The van der Waals surface area contributed by atoms with Crippen molar-refractivity contribution in [2.45, 2.75) is 19.0 Å². The zero-order chi connectivity index (χ0) is 16.9. The monoisotopic (exact) mass is 329 g/mol. The van der Waals surface area contributed by atoms with Gasteiger partial charge in [0.15, 0.2) is 0 Å². The molecule has 0 aliphatic carbocycles. The lowest BCUT2D eigenvalue weighted by Gasteiger charge is -2.35. The highest BCUT2D eigenvalue weighted by atomic mass is 16.5. The van der Waals surface area contributed by atoms with Gasteiger partial charge in [-0.15, -0.1) is 0 Å². The van der Waals surface area contributed by atoms with E-state index < -0.39 is 6.04 Å². The molecule has 0 unspecified atom stereocenters. The second kappa shape index (κ2) is 7.49. The van der Waals surface area contributed by atoms with Crippen LogP contribution in [-0.2, 0) is 16.1 Å². The number of amides is 2. The van der Waals surface area contributed by atoms with Gasteiger partial charge in [-0.1, -0.05) is 30.4 Å². The Bertz CT molecular complexity index is 636. The Morgan fingerprint density at radius 2 is 2.04 bits per heavy atom. The molecule has 24 heavy (non-hydrogen) atoms. The van der Waals surface area contributed by atoms with Crippen molar-refractivity contribution in [2.24, 2.45) is 0 Å². The van der Waals surface area contributed by atoms with Crippen LogP contribution in [0.25, 0.3) is 0 Å². The minimum atomic E-state index is -0.434. The molecular formula is C18H23N3O3. The standard InChI is InChI=1S/C18H23N3O3/c1-24-16-7-3-2-6-14(16)13-21-11-8-19-18(23)15(21)12-17(22)20-9-4-5-10-20/h2-7,15H,8-13H2,1H3,(H,19,23)/t15-/m1/s1. The molecule has 6 heteroatoms. The fourth-order valence-electron chi connectivity index (χ4n) is 3.20. The Labute approximate surface area is 142 Å². The molecule has 2 amide bonds. The fourth-order valence-corrected chi connectivity index (χ4v) is 3.20. The molecular weight excluding hydrogens is 306 g/mol. The zero-order valence-electron chi connectivity index (χ0n) is 13.9. The molecule has 1 saturated heterocycles. The summed E-state index contributed by atoms with van der Waals surface area (Å²) in [7, 11) is 1.64. The molecule has 1 N–H and O–H groups in total. The summed E-state index contributed by atoms with van der Waals surface area (Å²) in [6.45, 7) is 3.19. The SMILES string of the molecule is COc1ccccc1CN1CCNC(=O)[C@H]1CC(=O)N1CC=CC1. The number of nitrogens with zero attached hydrogens (tertiary/aromatic N) is 2. The Balaban J connectivity index is 1.71. The first-order valence-electron chi connectivity index (χ1n) is 8.25. The second-order valence-electron chi connectivity index (χ2n) is 6.06. The van der Waals surface area contributed by atoms with Crippen molar-refractivity contribution in [3.63, 3.8) is 0 Å². The topological polar surface area (TPSA) is 61.9 Å². The van der Waals surface area contributed by atoms with Crippen LogP contribution in [0.5, 0.6) is 5.75 Å². The van der Waals surface area contributed by atoms with Crippen molar-refractivity contribution in [1.82, 2.24) is 15.1 Å². The third kappa shape index (κ3) is 3.59. The summed E-state index contributed by atoms with van der Waals surface area (Å²) in [6.07, 6.45) is 4.17. The predicted octanol–water partition coefficient (Wildman–Crippen LogP) is 0.784. The third-order valence-corrected chi connectivity index (χ3v) is 4.55. The normalized spacial score (nSPS) is 21.0. The molecule has 1 aromatic carbocycles. The number of carbonyl (C=O) groups is 2. The lowest BCUT2D eigenvalue weighted by molar-refractivity contribution is -0.138. The molecule has 0 radical (unpaired) electrons. The summed E-state index contributed by atoms with van der Waals surface area (Å²) in [5.74, 6) is 0.751. The number of ether oxygens (including phenoxy) is 1. The van der Waals surface area contributed by atoms with E-state index >= 15 is 0 Å². The largest absolute Gasteiger partial charge is 0.496 e. The fraction of sp³-hybridized carbons (Fsp3) is 0.444. The van der Waals surface area contributed by atoms with Crippen molar-refractivity contribution in [3.05, 3.63) is 42.0 Å². The van der Waals surface area contributed by atoms with Gasteiger partial charge < -0.3 is 15.0 Å².